The SMILES string of the molecule is C#Cn1cnc2ccc(N)cc21. The molecule has 2 rings (SSSR count). The van der Waals surface area contributed by atoms with Crippen LogP contribution < -0.4 is 5.73 Å². The van der Waals surface area contributed by atoms with Gasteiger partial charge < -0.3 is 5.73 Å². The van der Waals surface area contributed by atoms with E-state index in [2.05, 4.69) is 11.0 Å². The summed E-state index contributed by atoms with van der Waals surface area (Å²) in [5.74, 6) is 0. The van der Waals surface area contributed by atoms with Gasteiger partial charge in [-0.1, -0.05) is 6.42 Å². The number of hydrogen-bond donors (Lipinski definition) is 1. The first-order valence-corrected chi connectivity index (χ1v) is 3.50. The third-order valence-corrected chi connectivity index (χ3v) is 1.71. The van der Waals surface area contributed by atoms with Crippen molar-refractivity contribution in [2.45, 2.75) is 0 Å². The molecule has 1 aromatic heterocycles. The van der Waals surface area contributed by atoms with Gasteiger partial charge in [-0.25, -0.2) is 4.98 Å². The predicted octanol–water partition coefficient (Wildman–Crippen LogP) is 1.06. The molecule has 0 aliphatic carbocycles. The highest BCUT2D eigenvalue weighted by molar-refractivity contribution is 5.79. The third kappa shape index (κ3) is 0.823. The van der Waals surface area contributed by atoms with E-state index in [1.54, 1.807) is 17.0 Å². The highest BCUT2D eigenvalue weighted by Gasteiger charge is 1.99. The topological polar surface area (TPSA) is 43.8 Å². The van der Waals surface area contributed by atoms with Crippen LogP contribution in [0, 0.1) is 12.5 Å². The van der Waals surface area contributed by atoms with Crippen LogP contribution in [0.15, 0.2) is 24.5 Å². The molecule has 2 aromatic rings. The summed E-state index contributed by atoms with van der Waals surface area (Å²) in [4.78, 5) is 4.10. The molecule has 1 aromatic carbocycles. The second kappa shape index (κ2) is 2.28. The fraction of sp³-hybridized carbons (Fsp3) is 0. The fourth-order valence-electron chi connectivity index (χ4n) is 1.13. The molecule has 0 fully saturated rings. The molecule has 0 spiro atoms. The Bertz CT molecular complexity index is 462. The van der Waals surface area contributed by atoms with Crippen LogP contribution in [0.4, 0.5) is 5.69 Å². The molecular weight excluding hydrogens is 150 g/mol. The summed E-state index contributed by atoms with van der Waals surface area (Å²) in [7, 11) is 0. The second-order valence-corrected chi connectivity index (χ2v) is 2.49. The summed E-state index contributed by atoms with van der Waals surface area (Å²) in [6, 6.07) is 7.93. The lowest BCUT2D eigenvalue weighted by molar-refractivity contribution is 1.15. The molecule has 0 radical (unpaired) electrons. The maximum absolute atomic E-state index is 5.60. The average molecular weight is 157 g/mol. The van der Waals surface area contributed by atoms with Crippen LogP contribution >= 0.6 is 0 Å². The summed E-state index contributed by atoms with van der Waals surface area (Å²) < 4.78 is 1.60. The van der Waals surface area contributed by atoms with Gasteiger partial charge in [-0.15, -0.1) is 0 Å². The van der Waals surface area contributed by atoms with Crippen molar-refractivity contribution >= 4 is 16.7 Å². The van der Waals surface area contributed by atoms with Crippen LogP contribution in [0.1, 0.15) is 0 Å². The van der Waals surface area contributed by atoms with Crippen LogP contribution in [0.25, 0.3) is 11.0 Å². The van der Waals surface area contributed by atoms with Crippen molar-refractivity contribution in [2.24, 2.45) is 0 Å². The van der Waals surface area contributed by atoms with E-state index in [9.17, 15) is 0 Å². The zero-order valence-electron chi connectivity index (χ0n) is 6.36. The molecule has 2 N–H and O–H groups in total. The van der Waals surface area contributed by atoms with Gasteiger partial charge >= 0.3 is 0 Å². The maximum atomic E-state index is 5.60. The van der Waals surface area contributed by atoms with Crippen molar-refractivity contribution < 1.29 is 0 Å². The Hall–Kier alpha value is -1.95. The van der Waals surface area contributed by atoms with E-state index < -0.39 is 0 Å². The Balaban J connectivity index is 2.86. The number of nitrogens with zero attached hydrogens (tertiary/aromatic N) is 2. The Kier molecular flexibility index (Phi) is 1.28. The van der Waals surface area contributed by atoms with Gasteiger partial charge in [0, 0.05) is 11.7 Å². The lowest BCUT2D eigenvalue weighted by Gasteiger charge is -1.93. The summed E-state index contributed by atoms with van der Waals surface area (Å²) in [6.07, 6.45) is 6.84. The van der Waals surface area contributed by atoms with E-state index in [4.69, 9.17) is 12.2 Å². The molecule has 0 saturated carbocycles. The number of terminal acetylenes is 1. The molecule has 0 amide bonds. The van der Waals surface area contributed by atoms with E-state index in [1.807, 2.05) is 12.1 Å². The number of hydrogen-bond acceptors (Lipinski definition) is 2. The smallest absolute Gasteiger partial charge is 0.108 e. The number of fused-ring (bicyclic) bond motifs is 1. The maximum Gasteiger partial charge on any atom is 0.108 e. The number of nitrogen functional groups attached to an aromatic ring is 1. The van der Waals surface area contributed by atoms with Crippen LogP contribution in [0.2, 0.25) is 0 Å². The third-order valence-electron chi connectivity index (χ3n) is 1.71. The van der Waals surface area contributed by atoms with Gasteiger partial charge in [-0.05, 0) is 18.2 Å². The highest BCUT2D eigenvalue weighted by atomic mass is 15.0. The number of benzene rings is 1. The lowest BCUT2D eigenvalue weighted by Crippen LogP contribution is -1.87. The van der Waals surface area contributed by atoms with Crippen molar-refractivity contribution in [3.05, 3.63) is 24.5 Å². The van der Waals surface area contributed by atoms with Gasteiger partial charge in [0.15, 0.2) is 0 Å². The van der Waals surface area contributed by atoms with E-state index in [1.165, 1.54) is 0 Å². The standard InChI is InChI=1S/C9H7N3/c1-2-12-6-11-8-4-3-7(10)5-9(8)12/h1,3-6H,10H2. The first-order valence-electron chi connectivity index (χ1n) is 3.50. The predicted molar refractivity (Wildman–Crippen MR) is 48.4 cm³/mol. The molecule has 1 heterocycles. The molecule has 0 bridgehead atoms. The van der Waals surface area contributed by atoms with Crippen LogP contribution in [0.5, 0.6) is 0 Å². The number of rotatable bonds is 0. The number of nitrogens with two attached hydrogens (primary N) is 1. The van der Waals surface area contributed by atoms with Gasteiger partial charge in [0.05, 0.1) is 11.0 Å². The molecule has 58 valence electrons. The summed E-state index contributed by atoms with van der Waals surface area (Å²) in [5.41, 5.74) is 8.03. The molecule has 0 unspecified atom stereocenters. The largest absolute Gasteiger partial charge is 0.399 e. The Morgan fingerprint density at radius 2 is 2.33 bits per heavy atom. The quantitative estimate of drug-likeness (QED) is 0.459. The van der Waals surface area contributed by atoms with Crippen molar-refractivity contribution in [1.29, 1.82) is 0 Å². The monoisotopic (exact) mass is 157 g/mol. The Labute approximate surface area is 69.8 Å². The first-order chi connectivity index (χ1) is 5.81. The van der Waals surface area contributed by atoms with Gasteiger partial charge in [0.1, 0.15) is 6.33 Å². The fourth-order valence-corrected chi connectivity index (χ4v) is 1.13. The molecule has 0 aliphatic rings. The van der Waals surface area contributed by atoms with E-state index in [0.29, 0.717) is 5.69 Å². The summed E-state index contributed by atoms with van der Waals surface area (Å²) in [6.45, 7) is 0. The first kappa shape index (κ1) is 6.74. The highest BCUT2D eigenvalue weighted by Crippen LogP contribution is 2.14. The molecule has 0 aliphatic heterocycles. The minimum Gasteiger partial charge on any atom is -0.399 e. The Morgan fingerprint density at radius 3 is 3.08 bits per heavy atom. The normalized spacial score (nSPS) is 9.92. The molecular formula is C9H7N3. The summed E-state index contributed by atoms with van der Waals surface area (Å²) in [5, 5.41) is 0. The van der Waals surface area contributed by atoms with Gasteiger partial charge in [0.25, 0.3) is 0 Å². The van der Waals surface area contributed by atoms with E-state index in [0.717, 1.165) is 11.0 Å². The van der Waals surface area contributed by atoms with Gasteiger partial charge in [-0.2, -0.15) is 0 Å². The molecule has 3 heteroatoms. The van der Waals surface area contributed by atoms with Crippen molar-refractivity contribution in [1.82, 2.24) is 9.55 Å². The van der Waals surface area contributed by atoms with Gasteiger partial charge in [0.2, 0.25) is 0 Å². The zero-order chi connectivity index (χ0) is 8.55. The molecule has 12 heavy (non-hydrogen) atoms. The van der Waals surface area contributed by atoms with Crippen LogP contribution in [-0.2, 0) is 0 Å². The molecule has 0 saturated heterocycles. The summed E-state index contributed by atoms with van der Waals surface area (Å²) >= 11 is 0. The molecule has 0 atom stereocenters. The lowest BCUT2D eigenvalue weighted by atomic mass is 10.3. The number of aromatic nitrogens is 2. The van der Waals surface area contributed by atoms with Crippen LogP contribution in [-0.4, -0.2) is 9.55 Å². The van der Waals surface area contributed by atoms with Gasteiger partial charge in [-0.3, -0.25) is 4.57 Å². The average Bonchev–Trinajstić information content (AvgIpc) is 2.46. The number of imidazole rings is 1. The van der Waals surface area contributed by atoms with E-state index >= 15 is 0 Å². The van der Waals surface area contributed by atoms with Crippen molar-refractivity contribution in [2.75, 3.05) is 5.73 Å². The minimum absolute atomic E-state index is 0.694. The van der Waals surface area contributed by atoms with Crippen molar-refractivity contribution in [3.8, 4) is 12.5 Å². The molecule has 3 nitrogen and oxygen atoms in total. The minimum atomic E-state index is 0.694. The Morgan fingerprint density at radius 1 is 1.50 bits per heavy atom. The number of anilines is 1. The van der Waals surface area contributed by atoms with Crippen LogP contribution in [0.3, 0.4) is 0 Å². The van der Waals surface area contributed by atoms with E-state index in [-0.39, 0.29) is 0 Å². The van der Waals surface area contributed by atoms with Crippen molar-refractivity contribution in [3.63, 3.8) is 0 Å². The zero-order valence-corrected chi connectivity index (χ0v) is 6.36. The second-order valence-electron chi connectivity index (χ2n) is 2.49.